The molecule has 2 heterocycles. The molecule has 0 saturated heterocycles. The summed E-state index contributed by atoms with van der Waals surface area (Å²) in [4.78, 5) is 12.4. The van der Waals surface area contributed by atoms with Crippen LogP contribution in [0, 0.1) is 0 Å². The maximum atomic E-state index is 12.4. The number of ketones is 1. The number of rotatable bonds is 5. The predicted octanol–water partition coefficient (Wildman–Crippen LogP) is 3.64. The van der Waals surface area contributed by atoms with Crippen LogP contribution in [0.1, 0.15) is 35.8 Å². The van der Waals surface area contributed by atoms with E-state index in [0.29, 0.717) is 5.76 Å². The highest BCUT2D eigenvalue weighted by atomic mass is 16.3. The molecule has 0 fully saturated rings. The van der Waals surface area contributed by atoms with E-state index in [1.807, 2.05) is 24.3 Å². The lowest BCUT2D eigenvalue weighted by Gasteiger charge is -2.03. The number of Topliss-reactive ketones (excluding diaryl/α,β-unsaturated/α-hetero) is 1. The Kier molecular flexibility index (Phi) is 3.60. The fraction of sp³-hybridized carbons (Fsp3) is 0.294. The van der Waals surface area contributed by atoms with Gasteiger partial charge in [-0.2, -0.15) is 5.10 Å². The zero-order chi connectivity index (χ0) is 14.8. The molecule has 0 spiro atoms. The van der Waals surface area contributed by atoms with E-state index in [4.69, 9.17) is 4.42 Å². The Morgan fingerprint density at radius 1 is 1.19 bits per heavy atom. The standard InChI is InChI=1S/C17H18N2O2/c1-3-13-10-14(4-2)19(18-13)11-15(20)17-9-12-7-5-6-8-16(12)21-17/h5-10H,3-4,11H2,1-2H3. The average Bonchev–Trinajstić information content (AvgIpc) is 3.10. The van der Waals surface area contributed by atoms with Crippen LogP contribution in [0.4, 0.5) is 0 Å². The highest BCUT2D eigenvalue weighted by Gasteiger charge is 2.15. The molecule has 21 heavy (non-hydrogen) atoms. The van der Waals surface area contributed by atoms with Gasteiger partial charge in [0.05, 0.1) is 5.69 Å². The average molecular weight is 282 g/mol. The molecule has 0 aliphatic carbocycles. The predicted molar refractivity (Wildman–Crippen MR) is 81.5 cm³/mol. The first-order valence-corrected chi connectivity index (χ1v) is 7.28. The van der Waals surface area contributed by atoms with Gasteiger partial charge < -0.3 is 4.42 Å². The van der Waals surface area contributed by atoms with Gasteiger partial charge >= 0.3 is 0 Å². The first-order valence-electron chi connectivity index (χ1n) is 7.28. The van der Waals surface area contributed by atoms with Crippen molar-refractivity contribution < 1.29 is 9.21 Å². The van der Waals surface area contributed by atoms with E-state index in [9.17, 15) is 4.79 Å². The van der Waals surface area contributed by atoms with E-state index < -0.39 is 0 Å². The van der Waals surface area contributed by atoms with Gasteiger partial charge in [-0.15, -0.1) is 0 Å². The Balaban J connectivity index is 1.87. The number of carbonyl (C=O) groups excluding carboxylic acids is 1. The topological polar surface area (TPSA) is 48.0 Å². The van der Waals surface area contributed by atoms with Gasteiger partial charge in [0.1, 0.15) is 12.1 Å². The number of furan rings is 1. The minimum Gasteiger partial charge on any atom is -0.453 e. The fourth-order valence-electron chi connectivity index (χ4n) is 2.44. The molecule has 0 unspecified atom stereocenters. The number of aryl methyl sites for hydroxylation is 2. The van der Waals surface area contributed by atoms with Crippen LogP contribution in [0.5, 0.6) is 0 Å². The van der Waals surface area contributed by atoms with Gasteiger partial charge in [-0.25, -0.2) is 0 Å². The summed E-state index contributed by atoms with van der Waals surface area (Å²) in [6.07, 6.45) is 1.74. The zero-order valence-electron chi connectivity index (χ0n) is 12.3. The number of aromatic nitrogens is 2. The van der Waals surface area contributed by atoms with Gasteiger partial charge in [0.2, 0.25) is 5.78 Å². The van der Waals surface area contributed by atoms with Crippen molar-refractivity contribution in [1.29, 1.82) is 0 Å². The van der Waals surface area contributed by atoms with Crippen molar-refractivity contribution in [3.05, 3.63) is 53.5 Å². The Morgan fingerprint density at radius 3 is 2.71 bits per heavy atom. The maximum absolute atomic E-state index is 12.4. The Morgan fingerprint density at radius 2 is 2.00 bits per heavy atom. The molecule has 4 heteroatoms. The van der Waals surface area contributed by atoms with Crippen LogP contribution in [0.25, 0.3) is 11.0 Å². The number of nitrogens with zero attached hydrogens (tertiary/aromatic N) is 2. The first-order chi connectivity index (χ1) is 10.2. The van der Waals surface area contributed by atoms with Crippen LogP contribution in [0.3, 0.4) is 0 Å². The molecule has 0 amide bonds. The highest BCUT2D eigenvalue weighted by molar-refractivity contribution is 5.97. The molecule has 2 aromatic heterocycles. The van der Waals surface area contributed by atoms with Crippen LogP contribution in [-0.4, -0.2) is 15.6 Å². The molecule has 4 nitrogen and oxygen atoms in total. The normalized spacial score (nSPS) is 11.1. The van der Waals surface area contributed by atoms with Gasteiger partial charge in [-0.1, -0.05) is 32.0 Å². The SMILES string of the molecule is CCc1cc(CC)n(CC(=O)c2cc3ccccc3o2)n1. The maximum Gasteiger partial charge on any atom is 0.219 e. The van der Waals surface area contributed by atoms with Crippen molar-refractivity contribution >= 4 is 16.8 Å². The van der Waals surface area contributed by atoms with Crippen LogP contribution >= 0.6 is 0 Å². The quantitative estimate of drug-likeness (QED) is 0.671. The smallest absolute Gasteiger partial charge is 0.219 e. The van der Waals surface area contributed by atoms with Crippen molar-refractivity contribution in [2.75, 3.05) is 0 Å². The number of carbonyl (C=O) groups is 1. The van der Waals surface area contributed by atoms with E-state index in [2.05, 4.69) is 25.0 Å². The third-order valence-electron chi connectivity index (χ3n) is 3.63. The Hall–Kier alpha value is -2.36. The van der Waals surface area contributed by atoms with Gasteiger partial charge in [-0.05, 0) is 31.0 Å². The summed E-state index contributed by atoms with van der Waals surface area (Å²) in [7, 11) is 0. The Labute approximate surface area is 123 Å². The molecule has 0 aliphatic heterocycles. The molecular weight excluding hydrogens is 264 g/mol. The zero-order valence-corrected chi connectivity index (χ0v) is 12.3. The minimum absolute atomic E-state index is 0.0494. The molecule has 0 atom stereocenters. The molecule has 0 aliphatic rings. The van der Waals surface area contributed by atoms with E-state index >= 15 is 0 Å². The molecule has 0 bridgehead atoms. The Bertz CT molecular complexity index is 750. The lowest BCUT2D eigenvalue weighted by atomic mass is 10.2. The van der Waals surface area contributed by atoms with Crippen LogP contribution in [-0.2, 0) is 19.4 Å². The van der Waals surface area contributed by atoms with Gasteiger partial charge in [0.25, 0.3) is 0 Å². The lowest BCUT2D eigenvalue weighted by molar-refractivity contribution is 0.0941. The van der Waals surface area contributed by atoms with Crippen molar-refractivity contribution in [3.8, 4) is 0 Å². The highest BCUT2D eigenvalue weighted by Crippen LogP contribution is 2.19. The minimum atomic E-state index is -0.0494. The molecule has 3 rings (SSSR count). The van der Waals surface area contributed by atoms with Crippen molar-refractivity contribution in [3.63, 3.8) is 0 Å². The van der Waals surface area contributed by atoms with Crippen molar-refractivity contribution in [2.24, 2.45) is 0 Å². The third-order valence-corrected chi connectivity index (χ3v) is 3.63. The molecule has 0 radical (unpaired) electrons. The van der Waals surface area contributed by atoms with Gasteiger partial charge in [-0.3, -0.25) is 9.48 Å². The first kappa shape index (κ1) is 13.6. The third kappa shape index (κ3) is 2.61. The summed E-state index contributed by atoms with van der Waals surface area (Å²) in [5, 5.41) is 5.42. The monoisotopic (exact) mass is 282 g/mol. The van der Waals surface area contributed by atoms with Gasteiger partial charge in [0, 0.05) is 11.1 Å². The van der Waals surface area contributed by atoms with Crippen molar-refractivity contribution in [1.82, 2.24) is 9.78 Å². The van der Waals surface area contributed by atoms with Crippen LogP contribution in [0.2, 0.25) is 0 Å². The second-order valence-corrected chi connectivity index (χ2v) is 5.06. The summed E-state index contributed by atoms with van der Waals surface area (Å²) in [6.45, 7) is 4.36. The second-order valence-electron chi connectivity index (χ2n) is 5.06. The molecule has 0 N–H and O–H groups in total. The fourth-order valence-corrected chi connectivity index (χ4v) is 2.44. The number of hydrogen-bond acceptors (Lipinski definition) is 3. The molecule has 108 valence electrons. The number of hydrogen-bond donors (Lipinski definition) is 0. The van der Waals surface area contributed by atoms with Crippen LogP contribution < -0.4 is 0 Å². The van der Waals surface area contributed by atoms with E-state index in [1.54, 1.807) is 10.7 Å². The summed E-state index contributed by atoms with van der Waals surface area (Å²) >= 11 is 0. The summed E-state index contributed by atoms with van der Waals surface area (Å²) in [6, 6.07) is 11.5. The van der Waals surface area contributed by atoms with E-state index in [1.165, 1.54) is 0 Å². The van der Waals surface area contributed by atoms with E-state index in [-0.39, 0.29) is 12.3 Å². The number of fused-ring (bicyclic) bond motifs is 1. The molecule has 1 aromatic carbocycles. The van der Waals surface area contributed by atoms with Crippen LogP contribution in [0.15, 0.2) is 40.8 Å². The second kappa shape index (κ2) is 5.56. The lowest BCUT2D eigenvalue weighted by Crippen LogP contribution is -2.13. The van der Waals surface area contributed by atoms with Gasteiger partial charge in [0.15, 0.2) is 5.76 Å². The number of para-hydroxylation sites is 1. The largest absolute Gasteiger partial charge is 0.453 e. The summed E-state index contributed by atoms with van der Waals surface area (Å²) in [5.74, 6) is 0.346. The summed E-state index contributed by atoms with van der Waals surface area (Å²) < 4.78 is 7.40. The number of benzene rings is 1. The molecular formula is C17H18N2O2. The van der Waals surface area contributed by atoms with E-state index in [0.717, 1.165) is 35.2 Å². The summed E-state index contributed by atoms with van der Waals surface area (Å²) in [5.41, 5.74) is 2.84. The molecule has 3 aromatic rings. The molecule has 0 saturated carbocycles. The van der Waals surface area contributed by atoms with Crippen molar-refractivity contribution in [2.45, 2.75) is 33.2 Å².